The molecule has 1 aromatic rings. The van der Waals surface area contributed by atoms with E-state index >= 15 is 0 Å². The fourth-order valence-electron chi connectivity index (χ4n) is 1.67. The van der Waals surface area contributed by atoms with Gasteiger partial charge in [-0.3, -0.25) is 4.79 Å². The van der Waals surface area contributed by atoms with Crippen molar-refractivity contribution >= 4 is 23.5 Å². The van der Waals surface area contributed by atoms with Crippen LogP contribution in [0.3, 0.4) is 0 Å². The summed E-state index contributed by atoms with van der Waals surface area (Å²) in [5.41, 5.74) is -1.20. The summed E-state index contributed by atoms with van der Waals surface area (Å²) < 4.78 is 5.62. The van der Waals surface area contributed by atoms with Crippen molar-refractivity contribution in [1.29, 1.82) is 0 Å². The van der Waals surface area contributed by atoms with Crippen molar-refractivity contribution in [2.45, 2.75) is 39.3 Å². The molecule has 0 aliphatic carbocycles. The highest BCUT2D eigenvalue weighted by molar-refractivity contribution is 6.30. The van der Waals surface area contributed by atoms with Crippen molar-refractivity contribution in [3.8, 4) is 5.75 Å². The third kappa shape index (κ3) is 4.93. The van der Waals surface area contributed by atoms with Gasteiger partial charge in [-0.15, -0.1) is 0 Å². The highest BCUT2D eigenvalue weighted by Gasteiger charge is 2.34. The maximum absolute atomic E-state index is 12.2. The van der Waals surface area contributed by atoms with Crippen LogP contribution in [0.2, 0.25) is 5.02 Å². The number of hydrogen-bond acceptors (Lipinski definition) is 3. The van der Waals surface area contributed by atoms with E-state index in [0.29, 0.717) is 10.8 Å². The van der Waals surface area contributed by atoms with Gasteiger partial charge in [0.2, 0.25) is 0 Å². The van der Waals surface area contributed by atoms with Gasteiger partial charge in [-0.25, -0.2) is 4.79 Å². The molecule has 0 saturated heterocycles. The fourth-order valence-corrected chi connectivity index (χ4v) is 1.80. The van der Waals surface area contributed by atoms with E-state index in [1.165, 1.54) is 0 Å². The predicted octanol–water partition coefficient (Wildman–Crippen LogP) is 2.72. The summed E-state index contributed by atoms with van der Waals surface area (Å²) in [4.78, 5) is 23.4. The number of nitrogens with one attached hydrogen (secondary N) is 1. The molecule has 0 saturated carbocycles. The van der Waals surface area contributed by atoms with Crippen molar-refractivity contribution in [3.63, 3.8) is 0 Å². The number of benzene rings is 1. The number of hydrogen-bond donors (Lipinski definition) is 2. The molecule has 0 heterocycles. The first-order chi connectivity index (χ1) is 9.63. The molecule has 2 N–H and O–H groups in total. The number of carboxylic acid groups (broad SMARTS) is 1. The van der Waals surface area contributed by atoms with Crippen LogP contribution in [0.15, 0.2) is 24.3 Å². The summed E-state index contributed by atoms with van der Waals surface area (Å²) in [6.07, 6.45) is 0. The molecule has 21 heavy (non-hydrogen) atoms. The van der Waals surface area contributed by atoms with E-state index in [1.807, 2.05) is 0 Å². The van der Waals surface area contributed by atoms with Gasteiger partial charge in [0.05, 0.1) is 0 Å². The Labute approximate surface area is 129 Å². The lowest BCUT2D eigenvalue weighted by molar-refractivity contribution is -0.146. The number of carbonyl (C=O) groups is 2. The highest BCUT2D eigenvalue weighted by Crippen LogP contribution is 2.21. The fraction of sp³-hybridized carbons (Fsp3) is 0.467. The molecule has 5 nitrogen and oxygen atoms in total. The van der Waals surface area contributed by atoms with Gasteiger partial charge in [0, 0.05) is 5.02 Å². The molecule has 0 radical (unpaired) electrons. The topological polar surface area (TPSA) is 75.6 Å². The van der Waals surface area contributed by atoms with E-state index in [2.05, 4.69) is 5.32 Å². The monoisotopic (exact) mass is 313 g/mol. The number of aliphatic carboxylic acids is 1. The van der Waals surface area contributed by atoms with Gasteiger partial charge in [0.15, 0.2) is 5.60 Å². The third-order valence-electron chi connectivity index (χ3n) is 2.95. The van der Waals surface area contributed by atoms with Gasteiger partial charge in [0.25, 0.3) is 5.91 Å². The molecule has 6 heteroatoms. The van der Waals surface area contributed by atoms with Crippen molar-refractivity contribution in [2.75, 3.05) is 0 Å². The summed E-state index contributed by atoms with van der Waals surface area (Å²) >= 11 is 5.78. The summed E-state index contributed by atoms with van der Waals surface area (Å²) in [5, 5.41) is 12.2. The maximum atomic E-state index is 12.2. The van der Waals surface area contributed by atoms with Crippen LogP contribution in [0.5, 0.6) is 5.75 Å². The zero-order valence-corrected chi connectivity index (χ0v) is 13.3. The zero-order chi connectivity index (χ0) is 16.2. The number of carbonyl (C=O) groups excluding carboxylic acids is 1. The Bertz CT molecular complexity index is 511. The van der Waals surface area contributed by atoms with Crippen LogP contribution in [-0.4, -0.2) is 28.6 Å². The summed E-state index contributed by atoms with van der Waals surface area (Å²) in [7, 11) is 0. The van der Waals surface area contributed by atoms with E-state index in [1.54, 1.807) is 52.0 Å². The minimum Gasteiger partial charge on any atom is -0.480 e. The molecule has 1 atom stereocenters. The highest BCUT2D eigenvalue weighted by atomic mass is 35.5. The minimum atomic E-state index is -1.20. The molecular weight excluding hydrogens is 294 g/mol. The van der Waals surface area contributed by atoms with Gasteiger partial charge in [0.1, 0.15) is 11.8 Å². The molecule has 1 amide bonds. The van der Waals surface area contributed by atoms with Crippen molar-refractivity contribution in [2.24, 2.45) is 5.92 Å². The lowest BCUT2D eigenvalue weighted by Gasteiger charge is -2.28. The Morgan fingerprint density at radius 2 is 1.76 bits per heavy atom. The van der Waals surface area contributed by atoms with E-state index in [-0.39, 0.29) is 5.92 Å². The second kappa shape index (κ2) is 6.80. The zero-order valence-electron chi connectivity index (χ0n) is 12.5. The SMILES string of the molecule is CC(C)C(NC(=O)C(C)(C)Oc1ccc(Cl)cc1)C(=O)O. The molecule has 0 aliphatic rings. The molecule has 1 rings (SSSR count). The van der Waals surface area contributed by atoms with E-state index in [4.69, 9.17) is 21.4 Å². The molecule has 0 spiro atoms. The Hall–Kier alpha value is -1.75. The predicted molar refractivity (Wildman–Crippen MR) is 80.6 cm³/mol. The molecule has 1 unspecified atom stereocenters. The average molecular weight is 314 g/mol. The smallest absolute Gasteiger partial charge is 0.326 e. The third-order valence-corrected chi connectivity index (χ3v) is 3.20. The molecule has 116 valence electrons. The van der Waals surface area contributed by atoms with Gasteiger partial charge < -0.3 is 15.2 Å². The first kappa shape index (κ1) is 17.3. The van der Waals surface area contributed by atoms with E-state index in [9.17, 15) is 9.59 Å². The van der Waals surface area contributed by atoms with Gasteiger partial charge in [-0.2, -0.15) is 0 Å². The van der Waals surface area contributed by atoms with Crippen molar-refractivity contribution < 1.29 is 19.4 Å². The van der Waals surface area contributed by atoms with Crippen LogP contribution in [0.1, 0.15) is 27.7 Å². The van der Waals surface area contributed by atoms with Crippen LogP contribution in [0.25, 0.3) is 0 Å². The second-order valence-corrected chi connectivity index (χ2v) is 6.04. The molecule has 0 bridgehead atoms. The standard InChI is InChI=1S/C15H20ClNO4/c1-9(2)12(13(18)19)17-14(20)15(3,4)21-11-7-5-10(16)6-8-11/h5-9,12H,1-4H3,(H,17,20)(H,18,19). The lowest BCUT2D eigenvalue weighted by atomic mass is 10.0. The van der Waals surface area contributed by atoms with E-state index in [0.717, 1.165) is 0 Å². The van der Waals surface area contributed by atoms with Crippen LogP contribution in [0.4, 0.5) is 0 Å². The van der Waals surface area contributed by atoms with Gasteiger partial charge in [-0.05, 0) is 44.0 Å². The number of amides is 1. The second-order valence-electron chi connectivity index (χ2n) is 5.60. The lowest BCUT2D eigenvalue weighted by Crippen LogP contribution is -2.53. The number of ether oxygens (including phenoxy) is 1. The largest absolute Gasteiger partial charge is 0.480 e. The van der Waals surface area contributed by atoms with Crippen LogP contribution >= 0.6 is 11.6 Å². The minimum absolute atomic E-state index is 0.224. The first-order valence-corrected chi connectivity index (χ1v) is 6.99. The maximum Gasteiger partial charge on any atom is 0.326 e. The van der Waals surface area contributed by atoms with Crippen LogP contribution < -0.4 is 10.1 Å². The van der Waals surface area contributed by atoms with Gasteiger partial charge >= 0.3 is 5.97 Å². The van der Waals surface area contributed by atoms with Crippen LogP contribution in [0, 0.1) is 5.92 Å². The molecule has 0 fully saturated rings. The normalized spacial score (nSPS) is 12.9. The molecule has 0 aromatic heterocycles. The summed E-state index contributed by atoms with van der Waals surface area (Å²) in [5.74, 6) is -1.30. The quantitative estimate of drug-likeness (QED) is 0.846. The Morgan fingerprint density at radius 1 is 1.24 bits per heavy atom. The van der Waals surface area contributed by atoms with Gasteiger partial charge in [-0.1, -0.05) is 25.4 Å². The van der Waals surface area contributed by atoms with E-state index < -0.39 is 23.5 Å². The average Bonchev–Trinajstić information content (AvgIpc) is 2.37. The van der Waals surface area contributed by atoms with Crippen molar-refractivity contribution in [3.05, 3.63) is 29.3 Å². The summed E-state index contributed by atoms with van der Waals surface area (Å²) in [6.45, 7) is 6.62. The molecule has 0 aliphatic heterocycles. The Balaban J connectivity index is 2.79. The number of carboxylic acids is 1. The number of halogens is 1. The molecule has 1 aromatic carbocycles. The Morgan fingerprint density at radius 3 is 2.19 bits per heavy atom. The Kier molecular flexibility index (Phi) is 5.61. The van der Waals surface area contributed by atoms with Crippen molar-refractivity contribution in [1.82, 2.24) is 5.32 Å². The summed E-state index contributed by atoms with van der Waals surface area (Å²) in [6, 6.07) is 5.65. The first-order valence-electron chi connectivity index (χ1n) is 6.62. The van der Waals surface area contributed by atoms with Crippen LogP contribution in [-0.2, 0) is 9.59 Å². The molecular formula is C15H20ClNO4. The number of rotatable bonds is 6.